The molecule has 110 valence electrons. The van der Waals surface area contributed by atoms with E-state index in [0.29, 0.717) is 11.0 Å². The molecule has 2 amide bonds. The number of aromatic nitrogens is 1. The summed E-state index contributed by atoms with van der Waals surface area (Å²) in [7, 11) is 0. The lowest BCUT2D eigenvalue weighted by Gasteiger charge is -2.16. The van der Waals surface area contributed by atoms with Crippen molar-refractivity contribution in [1.82, 2.24) is 10.3 Å². The normalized spacial score (nSPS) is 15.5. The van der Waals surface area contributed by atoms with E-state index < -0.39 is 6.04 Å². The van der Waals surface area contributed by atoms with Crippen LogP contribution in [0, 0.1) is 0 Å². The summed E-state index contributed by atoms with van der Waals surface area (Å²) in [6.45, 7) is -0.150. The summed E-state index contributed by atoms with van der Waals surface area (Å²) in [4.78, 5) is 16.4. The van der Waals surface area contributed by atoms with E-state index >= 15 is 0 Å². The van der Waals surface area contributed by atoms with Crippen LogP contribution < -0.4 is 10.6 Å². The van der Waals surface area contributed by atoms with Crippen molar-refractivity contribution in [3.8, 4) is 0 Å². The largest absolute Gasteiger partial charge is 0.394 e. The molecule has 1 aromatic carbocycles. The number of benzene rings is 1. The predicted octanol–water partition coefficient (Wildman–Crippen LogP) is 2.88. The Morgan fingerprint density at radius 3 is 2.81 bits per heavy atom. The number of urea groups is 1. The van der Waals surface area contributed by atoms with Crippen molar-refractivity contribution >= 4 is 22.5 Å². The molecule has 0 bridgehead atoms. The molecule has 1 aromatic heterocycles. The fourth-order valence-corrected chi connectivity index (χ4v) is 2.91. The SMILES string of the molecule is O=C(Nc1nc(C2CC2)cs1)NC(CO)c1ccccc1. The summed E-state index contributed by atoms with van der Waals surface area (Å²) in [5.74, 6) is 0.578. The molecule has 1 saturated carbocycles. The van der Waals surface area contributed by atoms with Gasteiger partial charge in [-0.15, -0.1) is 11.3 Å². The first-order valence-electron chi connectivity index (χ1n) is 6.95. The molecular weight excluding hydrogens is 286 g/mol. The number of carbonyl (C=O) groups is 1. The Balaban J connectivity index is 1.59. The van der Waals surface area contributed by atoms with Crippen LogP contribution in [-0.4, -0.2) is 22.7 Å². The standard InChI is InChI=1S/C15H17N3O2S/c19-8-12(10-4-2-1-3-5-10)16-14(20)18-15-17-13(9-21-15)11-6-7-11/h1-5,9,11-12,19H,6-8H2,(H2,16,17,18,20). The molecule has 1 heterocycles. The van der Waals surface area contributed by atoms with Gasteiger partial charge in [-0.25, -0.2) is 9.78 Å². The highest BCUT2D eigenvalue weighted by Gasteiger charge is 2.26. The average molecular weight is 303 g/mol. The van der Waals surface area contributed by atoms with E-state index in [1.165, 1.54) is 24.2 Å². The number of anilines is 1. The number of carbonyl (C=O) groups excluding carboxylic acids is 1. The third-order valence-corrected chi connectivity index (χ3v) is 4.20. The van der Waals surface area contributed by atoms with Crippen LogP contribution in [0.4, 0.5) is 9.93 Å². The number of nitrogens with zero attached hydrogens (tertiary/aromatic N) is 1. The lowest BCUT2D eigenvalue weighted by atomic mass is 10.1. The zero-order valence-electron chi connectivity index (χ0n) is 11.5. The van der Waals surface area contributed by atoms with E-state index in [1.807, 2.05) is 35.7 Å². The van der Waals surface area contributed by atoms with Crippen LogP contribution in [-0.2, 0) is 0 Å². The average Bonchev–Trinajstić information content (AvgIpc) is 3.26. The van der Waals surface area contributed by atoms with Crippen LogP contribution >= 0.6 is 11.3 Å². The number of aliphatic hydroxyl groups excluding tert-OH is 1. The maximum absolute atomic E-state index is 12.0. The van der Waals surface area contributed by atoms with Gasteiger partial charge in [-0.1, -0.05) is 30.3 Å². The van der Waals surface area contributed by atoms with Crippen molar-refractivity contribution in [3.63, 3.8) is 0 Å². The molecule has 21 heavy (non-hydrogen) atoms. The number of rotatable bonds is 5. The monoisotopic (exact) mass is 303 g/mol. The maximum atomic E-state index is 12.0. The first kappa shape index (κ1) is 14.0. The van der Waals surface area contributed by atoms with Gasteiger partial charge in [0.25, 0.3) is 0 Å². The van der Waals surface area contributed by atoms with Gasteiger partial charge in [-0.05, 0) is 18.4 Å². The predicted molar refractivity (Wildman–Crippen MR) is 82.5 cm³/mol. The summed E-state index contributed by atoms with van der Waals surface area (Å²) in [5.41, 5.74) is 1.94. The van der Waals surface area contributed by atoms with E-state index in [1.54, 1.807) is 0 Å². The van der Waals surface area contributed by atoms with Gasteiger partial charge < -0.3 is 10.4 Å². The first-order chi connectivity index (χ1) is 10.3. The summed E-state index contributed by atoms with van der Waals surface area (Å²) >= 11 is 1.43. The number of thiazole rings is 1. The second-order valence-electron chi connectivity index (χ2n) is 5.10. The first-order valence-corrected chi connectivity index (χ1v) is 7.83. The molecule has 0 aliphatic heterocycles. The minimum Gasteiger partial charge on any atom is -0.394 e. The molecule has 0 saturated heterocycles. The number of hydrogen-bond donors (Lipinski definition) is 3. The smallest absolute Gasteiger partial charge is 0.321 e. The number of nitrogens with one attached hydrogen (secondary N) is 2. The number of hydrogen-bond acceptors (Lipinski definition) is 4. The zero-order chi connectivity index (χ0) is 14.7. The molecule has 0 radical (unpaired) electrons. The van der Waals surface area contributed by atoms with E-state index in [2.05, 4.69) is 15.6 Å². The van der Waals surface area contributed by atoms with E-state index in [0.717, 1.165) is 11.3 Å². The van der Waals surface area contributed by atoms with Crippen molar-refractivity contribution < 1.29 is 9.90 Å². The van der Waals surface area contributed by atoms with Crippen LogP contribution in [0.1, 0.15) is 36.1 Å². The number of aliphatic hydroxyl groups is 1. The summed E-state index contributed by atoms with van der Waals surface area (Å²) in [6, 6.07) is 8.61. The lowest BCUT2D eigenvalue weighted by Crippen LogP contribution is -2.34. The van der Waals surface area contributed by atoms with E-state index in [4.69, 9.17) is 0 Å². The molecule has 1 aliphatic carbocycles. The van der Waals surface area contributed by atoms with Crippen LogP contribution in [0.5, 0.6) is 0 Å². The second-order valence-corrected chi connectivity index (χ2v) is 5.95. The van der Waals surface area contributed by atoms with Crippen LogP contribution in [0.25, 0.3) is 0 Å². The van der Waals surface area contributed by atoms with Crippen molar-refractivity contribution in [3.05, 3.63) is 47.0 Å². The molecule has 3 N–H and O–H groups in total. The molecule has 5 nitrogen and oxygen atoms in total. The Bertz CT molecular complexity index is 610. The molecule has 0 spiro atoms. The second kappa shape index (κ2) is 6.24. The van der Waals surface area contributed by atoms with Gasteiger partial charge in [-0.2, -0.15) is 0 Å². The molecular formula is C15H17N3O2S. The van der Waals surface area contributed by atoms with E-state index in [9.17, 15) is 9.90 Å². The van der Waals surface area contributed by atoms with E-state index in [-0.39, 0.29) is 12.6 Å². The molecule has 1 unspecified atom stereocenters. The summed E-state index contributed by atoms with van der Waals surface area (Å²) < 4.78 is 0. The molecule has 1 atom stereocenters. The Morgan fingerprint density at radius 2 is 2.14 bits per heavy atom. The molecule has 2 aromatic rings. The van der Waals surface area contributed by atoms with Gasteiger partial charge in [0.05, 0.1) is 18.3 Å². The highest BCUT2D eigenvalue weighted by molar-refractivity contribution is 7.13. The Kier molecular flexibility index (Phi) is 4.17. The molecule has 1 fully saturated rings. The van der Waals surface area contributed by atoms with Crippen LogP contribution in [0.2, 0.25) is 0 Å². The lowest BCUT2D eigenvalue weighted by molar-refractivity contribution is 0.225. The molecule has 6 heteroatoms. The van der Waals surface area contributed by atoms with Gasteiger partial charge in [0.2, 0.25) is 0 Å². The Morgan fingerprint density at radius 1 is 1.38 bits per heavy atom. The Hall–Kier alpha value is -1.92. The van der Waals surface area contributed by atoms with Gasteiger partial charge in [0, 0.05) is 11.3 Å². The van der Waals surface area contributed by atoms with Crippen molar-refractivity contribution in [2.24, 2.45) is 0 Å². The van der Waals surface area contributed by atoms with Crippen molar-refractivity contribution in [2.75, 3.05) is 11.9 Å². The van der Waals surface area contributed by atoms with Gasteiger partial charge in [0.15, 0.2) is 5.13 Å². The highest BCUT2D eigenvalue weighted by Crippen LogP contribution is 2.40. The third kappa shape index (κ3) is 3.59. The van der Waals surface area contributed by atoms with Crippen LogP contribution in [0.3, 0.4) is 0 Å². The molecule has 3 rings (SSSR count). The molecule has 1 aliphatic rings. The van der Waals surface area contributed by atoms with Crippen molar-refractivity contribution in [2.45, 2.75) is 24.8 Å². The minimum absolute atomic E-state index is 0.150. The third-order valence-electron chi connectivity index (χ3n) is 3.43. The minimum atomic E-state index is -0.422. The van der Waals surface area contributed by atoms with Gasteiger partial charge in [-0.3, -0.25) is 5.32 Å². The topological polar surface area (TPSA) is 74.2 Å². The number of amides is 2. The summed E-state index contributed by atoms with van der Waals surface area (Å²) in [5, 5.41) is 17.5. The fraction of sp³-hybridized carbons (Fsp3) is 0.333. The Labute approximate surface area is 127 Å². The van der Waals surface area contributed by atoms with Gasteiger partial charge >= 0.3 is 6.03 Å². The fourth-order valence-electron chi connectivity index (χ4n) is 2.12. The maximum Gasteiger partial charge on any atom is 0.321 e. The zero-order valence-corrected chi connectivity index (χ0v) is 12.3. The quantitative estimate of drug-likeness (QED) is 0.795. The summed E-state index contributed by atoms with van der Waals surface area (Å²) in [6.07, 6.45) is 2.38. The highest BCUT2D eigenvalue weighted by atomic mass is 32.1. The van der Waals surface area contributed by atoms with Gasteiger partial charge in [0.1, 0.15) is 0 Å². The van der Waals surface area contributed by atoms with Crippen LogP contribution in [0.15, 0.2) is 35.7 Å². The van der Waals surface area contributed by atoms with Crippen molar-refractivity contribution in [1.29, 1.82) is 0 Å².